The molecule has 38 heavy (non-hydrogen) atoms. The molecule has 208 valence electrons. The minimum absolute atomic E-state index is 0.0252. The zero-order chi connectivity index (χ0) is 28.3. The second kappa shape index (κ2) is 11.6. The van der Waals surface area contributed by atoms with Crippen LogP contribution in [0.1, 0.15) is 45.7 Å². The van der Waals surface area contributed by atoms with Crippen molar-refractivity contribution in [3.8, 4) is 0 Å². The van der Waals surface area contributed by atoms with E-state index in [9.17, 15) is 22.8 Å². The number of anilines is 3. The Labute approximate surface area is 224 Å². The highest BCUT2D eigenvalue weighted by Crippen LogP contribution is 2.34. The molecule has 1 aliphatic heterocycles. The fourth-order valence-corrected chi connectivity index (χ4v) is 4.17. The lowest BCUT2D eigenvalue weighted by Gasteiger charge is -2.42. The van der Waals surface area contributed by atoms with Crippen LogP contribution in [0, 0.1) is 0 Å². The van der Waals surface area contributed by atoms with E-state index in [-0.39, 0.29) is 12.6 Å². The SMILES string of the molecule is CCc1cc(N2CCN(C(=O)OC(C)(C)C)[C@@H](COC(C)=O)C2)ccc1Nc1ncc(C(F)(F)F)c(Cl)n1. The molecule has 13 heteroatoms. The summed E-state index contributed by atoms with van der Waals surface area (Å²) >= 11 is 5.72. The molecule has 1 aromatic heterocycles. The van der Waals surface area contributed by atoms with Crippen molar-refractivity contribution in [3.63, 3.8) is 0 Å². The third-order valence-electron chi connectivity index (χ3n) is 5.72. The number of amides is 1. The number of rotatable bonds is 6. The summed E-state index contributed by atoms with van der Waals surface area (Å²) in [6.45, 7) is 9.91. The zero-order valence-electron chi connectivity index (χ0n) is 21.9. The third-order valence-corrected chi connectivity index (χ3v) is 6.01. The molecule has 1 aromatic carbocycles. The monoisotopic (exact) mass is 557 g/mol. The van der Waals surface area contributed by atoms with Crippen LogP contribution >= 0.6 is 11.6 Å². The smallest absolute Gasteiger partial charge is 0.420 e. The zero-order valence-corrected chi connectivity index (χ0v) is 22.6. The number of nitrogens with one attached hydrogen (secondary N) is 1. The minimum atomic E-state index is -4.65. The van der Waals surface area contributed by atoms with Gasteiger partial charge in [-0.05, 0) is 51.0 Å². The first-order valence-corrected chi connectivity index (χ1v) is 12.4. The maximum Gasteiger partial charge on any atom is 0.420 e. The Kier molecular flexibility index (Phi) is 8.96. The number of hydrogen-bond acceptors (Lipinski definition) is 8. The number of nitrogens with zero attached hydrogens (tertiary/aromatic N) is 4. The Morgan fingerprint density at radius 1 is 1.21 bits per heavy atom. The van der Waals surface area contributed by atoms with Crippen molar-refractivity contribution in [3.05, 3.63) is 40.7 Å². The summed E-state index contributed by atoms with van der Waals surface area (Å²) in [5.74, 6) is -0.501. The van der Waals surface area contributed by atoms with Crippen LogP contribution in [0.15, 0.2) is 24.4 Å². The number of halogens is 4. The maximum atomic E-state index is 13.0. The third kappa shape index (κ3) is 7.62. The summed E-state index contributed by atoms with van der Waals surface area (Å²) in [7, 11) is 0. The molecule has 1 aliphatic rings. The first-order chi connectivity index (χ1) is 17.7. The predicted octanol–water partition coefficient (Wildman–Crippen LogP) is 5.44. The summed E-state index contributed by atoms with van der Waals surface area (Å²) < 4.78 is 49.6. The molecule has 1 saturated heterocycles. The average Bonchev–Trinajstić information content (AvgIpc) is 2.81. The van der Waals surface area contributed by atoms with Crippen LogP contribution < -0.4 is 10.2 Å². The summed E-state index contributed by atoms with van der Waals surface area (Å²) in [4.78, 5) is 35.4. The first-order valence-electron chi connectivity index (χ1n) is 12.1. The van der Waals surface area contributed by atoms with E-state index in [1.54, 1.807) is 31.7 Å². The quantitative estimate of drug-likeness (QED) is 0.370. The van der Waals surface area contributed by atoms with Gasteiger partial charge in [-0.25, -0.2) is 14.8 Å². The number of esters is 1. The number of carbonyl (C=O) groups is 2. The number of piperazine rings is 1. The number of ether oxygens (including phenoxy) is 2. The second-order valence-electron chi connectivity index (χ2n) is 9.79. The molecule has 0 radical (unpaired) electrons. The summed E-state index contributed by atoms with van der Waals surface area (Å²) in [6, 6.07) is 5.15. The van der Waals surface area contributed by atoms with Gasteiger partial charge >= 0.3 is 18.2 Å². The van der Waals surface area contributed by atoms with Crippen LogP contribution in [0.25, 0.3) is 0 Å². The normalized spacial score (nSPS) is 16.3. The largest absolute Gasteiger partial charge is 0.464 e. The lowest BCUT2D eigenvalue weighted by atomic mass is 10.1. The summed E-state index contributed by atoms with van der Waals surface area (Å²) in [5, 5.41) is 2.25. The number of carbonyl (C=O) groups excluding carboxylic acids is 2. The molecule has 2 heterocycles. The van der Waals surface area contributed by atoms with Gasteiger partial charge < -0.3 is 19.7 Å². The van der Waals surface area contributed by atoms with Gasteiger partial charge in [-0.3, -0.25) is 9.69 Å². The van der Waals surface area contributed by atoms with Crippen LogP contribution in [0.2, 0.25) is 5.15 Å². The van der Waals surface area contributed by atoms with E-state index in [0.29, 0.717) is 37.9 Å². The number of hydrogen-bond donors (Lipinski definition) is 1. The predicted molar refractivity (Wildman–Crippen MR) is 137 cm³/mol. The molecular weight excluding hydrogens is 527 g/mol. The van der Waals surface area contributed by atoms with E-state index in [0.717, 1.165) is 11.3 Å². The molecule has 1 fully saturated rings. The molecule has 1 N–H and O–H groups in total. The van der Waals surface area contributed by atoms with Gasteiger partial charge in [-0.15, -0.1) is 0 Å². The Morgan fingerprint density at radius 2 is 1.92 bits per heavy atom. The van der Waals surface area contributed by atoms with Gasteiger partial charge in [0, 0.05) is 44.1 Å². The topological polar surface area (TPSA) is 96.9 Å². The van der Waals surface area contributed by atoms with Crippen molar-refractivity contribution in [1.82, 2.24) is 14.9 Å². The van der Waals surface area contributed by atoms with Gasteiger partial charge in [-0.2, -0.15) is 13.2 Å². The van der Waals surface area contributed by atoms with Crippen molar-refractivity contribution in [1.29, 1.82) is 0 Å². The molecule has 0 bridgehead atoms. The summed E-state index contributed by atoms with van der Waals surface area (Å²) in [6.07, 6.45) is -3.87. The molecule has 1 atom stereocenters. The van der Waals surface area contributed by atoms with Crippen LogP contribution in [0.3, 0.4) is 0 Å². The maximum absolute atomic E-state index is 13.0. The number of alkyl halides is 3. The van der Waals surface area contributed by atoms with E-state index in [1.807, 2.05) is 19.1 Å². The number of benzene rings is 1. The lowest BCUT2D eigenvalue weighted by Crippen LogP contribution is -2.58. The van der Waals surface area contributed by atoms with E-state index in [1.165, 1.54) is 6.92 Å². The molecule has 0 aliphatic carbocycles. The average molecular weight is 558 g/mol. The Morgan fingerprint density at radius 3 is 2.50 bits per heavy atom. The molecule has 9 nitrogen and oxygen atoms in total. The standard InChI is InChI=1S/C25H31ClF3N5O4/c1-6-16-11-17(7-8-20(16)31-22-30-12-19(21(26)32-22)25(27,28)29)33-9-10-34(23(36)38-24(3,4)5)18(13-33)14-37-15(2)35/h7-8,11-12,18H,6,9-10,13-14H2,1-5H3,(H,30,31,32)/t18-/m1/s1. The van der Waals surface area contributed by atoms with Gasteiger partial charge in [0.25, 0.3) is 0 Å². The van der Waals surface area contributed by atoms with Crippen molar-refractivity contribution in [2.75, 3.05) is 36.5 Å². The molecule has 1 amide bonds. The molecule has 0 saturated carbocycles. The summed E-state index contributed by atoms with van der Waals surface area (Å²) in [5.41, 5.74) is 0.587. The molecule has 0 unspecified atom stereocenters. The van der Waals surface area contributed by atoms with Crippen molar-refractivity contribution in [2.45, 2.75) is 58.9 Å². The van der Waals surface area contributed by atoms with E-state index in [2.05, 4.69) is 20.2 Å². The van der Waals surface area contributed by atoms with Gasteiger partial charge in [0.05, 0.1) is 6.04 Å². The highest BCUT2D eigenvalue weighted by Gasteiger charge is 2.35. The Balaban J connectivity index is 1.79. The highest BCUT2D eigenvalue weighted by molar-refractivity contribution is 6.30. The van der Waals surface area contributed by atoms with E-state index < -0.39 is 40.6 Å². The van der Waals surface area contributed by atoms with Crippen LogP contribution in [-0.2, 0) is 26.9 Å². The fraction of sp³-hybridized carbons (Fsp3) is 0.520. The van der Waals surface area contributed by atoms with Crippen LogP contribution in [0.4, 0.5) is 35.3 Å². The van der Waals surface area contributed by atoms with Crippen molar-refractivity contribution >= 4 is 41.0 Å². The van der Waals surface area contributed by atoms with E-state index >= 15 is 0 Å². The highest BCUT2D eigenvalue weighted by atomic mass is 35.5. The van der Waals surface area contributed by atoms with Crippen molar-refractivity contribution < 1.29 is 32.2 Å². The Bertz CT molecular complexity index is 1170. The Hall–Kier alpha value is -3.28. The first kappa shape index (κ1) is 29.3. The lowest BCUT2D eigenvalue weighted by molar-refractivity contribution is -0.143. The molecule has 2 aromatic rings. The van der Waals surface area contributed by atoms with Crippen molar-refractivity contribution in [2.24, 2.45) is 0 Å². The second-order valence-corrected chi connectivity index (χ2v) is 10.2. The van der Waals surface area contributed by atoms with Gasteiger partial charge in [-0.1, -0.05) is 18.5 Å². The van der Waals surface area contributed by atoms with Gasteiger partial charge in [0.1, 0.15) is 22.9 Å². The molecule has 3 rings (SSSR count). The number of aryl methyl sites for hydroxylation is 1. The van der Waals surface area contributed by atoms with Gasteiger partial charge in [0.15, 0.2) is 0 Å². The molecule has 0 spiro atoms. The minimum Gasteiger partial charge on any atom is -0.464 e. The van der Waals surface area contributed by atoms with Crippen LogP contribution in [-0.4, -0.2) is 64.8 Å². The van der Waals surface area contributed by atoms with Gasteiger partial charge in [0.2, 0.25) is 5.95 Å². The molecular formula is C25H31ClF3N5O4. The van der Waals surface area contributed by atoms with Crippen LogP contribution in [0.5, 0.6) is 0 Å². The fourth-order valence-electron chi connectivity index (χ4n) is 3.93. The van der Waals surface area contributed by atoms with E-state index in [4.69, 9.17) is 21.1 Å². The number of aromatic nitrogens is 2.